The SMILES string of the molecule is COc1cc(CNC(=O)Nc2cccc(Cl)c2)ccc1OC(C)C. The van der Waals surface area contributed by atoms with E-state index in [0.717, 1.165) is 5.56 Å². The van der Waals surface area contributed by atoms with Crippen molar-refractivity contribution in [2.24, 2.45) is 0 Å². The maximum absolute atomic E-state index is 11.9. The van der Waals surface area contributed by atoms with Gasteiger partial charge in [0.2, 0.25) is 0 Å². The number of methoxy groups -OCH3 is 1. The summed E-state index contributed by atoms with van der Waals surface area (Å²) in [7, 11) is 1.59. The molecule has 2 N–H and O–H groups in total. The third kappa shape index (κ3) is 5.35. The molecule has 2 aromatic carbocycles. The lowest BCUT2D eigenvalue weighted by Crippen LogP contribution is -2.28. The molecule has 0 aliphatic carbocycles. The van der Waals surface area contributed by atoms with E-state index in [2.05, 4.69) is 10.6 Å². The predicted octanol–water partition coefficient (Wildman–Crippen LogP) is 4.46. The fourth-order valence-electron chi connectivity index (χ4n) is 2.10. The van der Waals surface area contributed by atoms with Crippen molar-refractivity contribution in [3.8, 4) is 11.5 Å². The largest absolute Gasteiger partial charge is 0.493 e. The summed E-state index contributed by atoms with van der Waals surface area (Å²) in [5.74, 6) is 1.32. The van der Waals surface area contributed by atoms with Crippen molar-refractivity contribution < 1.29 is 14.3 Å². The molecule has 2 rings (SSSR count). The molecule has 24 heavy (non-hydrogen) atoms. The van der Waals surface area contributed by atoms with Crippen LogP contribution in [0.5, 0.6) is 11.5 Å². The van der Waals surface area contributed by atoms with Gasteiger partial charge in [0.05, 0.1) is 13.2 Å². The molecule has 0 atom stereocenters. The smallest absolute Gasteiger partial charge is 0.319 e. The highest BCUT2D eigenvalue weighted by atomic mass is 35.5. The summed E-state index contributed by atoms with van der Waals surface area (Å²) < 4.78 is 11.0. The molecule has 0 fully saturated rings. The van der Waals surface area contributed by atoms with Crippen LogP contribution in [-0.4, -0.2) is 19.2 Å². The highest BCUT2D eigenvalue weighted by molar-refractivity contribution is 6.30. The normalized spacial score (nSPS) is 10.4. The van der Waals surface area contributed by atoms with Gasteiger partial charge < -0.3 is 20.1 Å². The number of amides is 2. The van der Waals surface area contributed by atoms with E-state index in [4.69, 9.17) is 21.1 Å². The van der Waals surface area contributed by atoms with Crippen LogP contribution in [0.25, 0.3) is 0 Å². The van der Waals surface area contributed by atoms with Crippen molar-refractivity contribution >= 4 is 23.3 Å². The Kier molecular flexibility index (Phi) is 6.32. The van der Waals surface area contributed by atoms with Gasteiger partial charge in [-0.2, -0.15) is 0 Å². The van der Waals surface area contributed by atoms with E-state index in [1.165, 1.54) is 0 Å². The zero-order chi connectivity index (χ0) is 17.5. The summed E-state index contributed by atoms with van der Waals surface area (Å²) >= 11 is 5.89. The molecule has 0 saturated carbocycles. The van der Waals surface area contributed by atoms with Crippen LogP contribution >= 0.6 is 11.6 Å². The Morgan fingerprint density at radius 2 is 1.96 bits per heavy atom. The minimum Gasteiger partial charge on any atom is -0.493 e. The number of anilines is 1. The Morgan fingerprint density at radius 1 is 1.17 bits per heavy atom. The van der Waals surface area contributed by atoms with Crippen molar-refractivity contribution in [1.82, 2.24) is 5.32 Å². The minimum absolute atomic E-state index is 0.0614. The van der Waals surface area contributed by atoms with Crippen LogP contribution in [0.1, 0.15) is 19.4 Å². The number of rotatable bonds is 6. The maximum atomic E-state index is 11.9. The number of hydrogen-bond donors (Lipinski definition) is 2. The number of halogens is 1. The topological polar surface area (TPSA) is 59.6 Å². The molecular weight excluding hydrogens is 328 g/mol. The standard InChI is InChI=1S/C18H21ClN2O3/c1-12(2)24-16-8-7-13(9-17(16)23-3)11-20-18(22)21-15-6-4-5-14(19)10-15/h4-10,12H,11H2,1-3H3,(H2,20,21,22). The summed E-state index contributed by atoms with van der Waals surface area (Å²) in [5, 5.41) is 6.09. The highest BCUT2D eigenvalue weighted by Crippen LogP contribution is 2.28. The van der Waals surface area contributed by atoms with Gasteiger partial charge in [0.1, 0.15) is 0 Å². The molecule has 0 radical (unpaired) electrons. The minimum atomic E-state index is -0.307. The molecule has 128 valence electrons. The second-order valence-electron chi connectivity index (χ2n) is 5.47. The number of benzene rings is 2. The van der Waals surface area contributed by atoms with Crippen LogP contribution in [0.15, 0.2) is 42.5 Å². The number of hydrogen-bond acceptors (Lipinski definition) is 3. The summed E-state index contributed by atoms with van der Waals surface area (Å²) in [6.07, 6.45) is 0.0614. The number of ether oxygens (including phenoxy) is 2. The first-order chi connectivity index (χ1) is 11.5. The van der Waals surface area contributed by atoms with E-state index in [9.17, 15) is 4.79 Å². The van der Waals surface area contributed by atoms with Gasteiger partial charge in [-0.05, 0) is 49.7 Å². The molecule has 2 amide bonds. The van der Waals surface area contributed by atoms with Gasteiger partial charge >= 0.3 is 6.03 Å². The second kappa shape index (κ2) is 8.45. The lowest BCUT2D eigenvalue weighted by atomic mass is 10.2. The van der Waals surface area contributed by atoms with Crippen LogP contribution in [0.3, 0.4) is 0 Å². The van der Waals surface area contributed by atoms with Gasteiger partial charge in [0.25, 0.3) is 0 Å². The number of urea groups is 1. The van der Waals surface area contributed by atoms with Crippen molar-refractivity contribution in [2.75, 3.05) is 12.4 Å². The molecule has 0 spiro atoms. The van der Waals surface area contributed by atoms with Crippen molar-refractivity contribution in [3.05, 3.63) is 53.1 Å². The van der Waals surface area contributed by atoms with Crippen LogP contribution in [-0.2, 0) is 6.54 Å². The van der Waals surface area contributed by atoms with Crippen molar-refractivity contribution in [3.63, 3.8) is 0 Å². The summed E-state index contributed by atoms with van der Waals surface area (Å²) in [5.41, 5.74) is 1.54. The fourth-order valence-corrected chi connectivity index (χ4v) is 2.29. The first-order valence-electron chi connectivity index (χ1n) is 7.62. The number of nitrogens with one attached hydrogen (secondary N) is 2. The van der Waals surface area contributed by atoms with Gasteiger partial charge in [-0.25, -0.2) is 4.79 Å². The molecule has 0 bridgehead atoms. The van der Waals surface area contributed by atoms with Crippen molar-refractivity contribution in [2.45, 2.75) is 26.5 Å². The number of carbonyl (C=O) groups is 1. The molecule has 6 heteroatoms. The Morgan fingerprint density at radius 3 is 2.62 bits per heavy atom. The summed E-state index contributed by atoms with van der Waals surface area (Å²) in [4.78, 5) is 11.9. The Hall–Kier alpha value is -2.40. The molecule has 0 aliphatic rings. The van der Waals surface area contributed by atoms with Crippen LogP contribution in [0.2, 0.25) is 5.02 Å². The lowest BCUT2D eigenvalue weighted by molar-refractivity contribution is 0.230. The van der Waals surface area contributed by atoms with Gasteiger partial charge in [0, 0.05) is 17.3 Å². The summed E-state index contributed by atoms with van der Waals surface area (Å²) in [6, 6.07) is 12.2. The zero-order valence-corrected chi connectivity index (χ0v) is 14.7. The van der Waals surface area contributed by atoms with Crippen molar-refractivity contribution in [1.29, 1.82) is 0 Å². The van der Waals surface area contributed by atoms with Gasteiger partial charge in [-0.3, -0.25) is 0 Å². The predicted molar refractivity (Wildman–Crippen MR) is 96.1 cm³/mol. The third-order valence-electron chi connectivity index (χ3n) is 3.13. The van der Waals surface area contributed by atoms with Crippen LogP contribution in [0, 0.1) is 0 Å². The van der Waals surface area contributed by atoms with E-state index >= 15 is 0 Å². The highest BCUT2D eigenvalue weighted by Gasteiger charge is 2.08. The molecule has 0 saturated heterocycles. The second-order valence-corrected chi connectivity index (χ2v) is 5.91. The third-order valence-corrected chi connectivity index (χ3v) is 3.36. The molecular formula is C18H21ClN2O3. The van der Waals surface area contributed by atoms with E-state index in [1.807, 2.05) is 32.0 Å². The molecule has 0 aromatic heterocycles. The molecule has 0 unspecified atom stereocenters. The monoisotopic (exact) mass is 348 g/mol. The van der Waals surface area contributed by atoms with E-state index in [0.29, 0.717) is 28.8 Å². The Balaban J connectivity index is 1.94. The van der Waals surface area contributed by atoms with E-state index in [-0.39, 0.29) is 12.1 Å². The summed E-state index contributed by atoms with van der Waals surface area (Å²) in [6.45, 7) is 4.27. The first-order valence-corrected chi connectivity index (χ1v) is 7.99. The Bertz CT molecular complexity index is 704. The van der Waals surface area contributed by atoms with Gasteiger partial charge in [-0.1, -0.05) is 23.7 Å². The van der Waals surface area contributed by atoms with Crippen LogP contribution in [0.4, 0.5) is 10.5 Å². The van der Waals surface area contributed by atoms with Crippen LogP contribution < -0.4 is 20.1 Å². The van der Waals surface area contributed by atoms with E-state index < -0.39 is 0 Å². The average molecular weight is 349 g/mol. The lowest BCUT2D eigenvalue weighted by Gasteiger charge is -2.15. The maximum Gasteiger partial charge on any atom is 0.319 e. The average Bonchev–Trinajstić information content (AvgIpc) is 2.53. The quantitative estimate of drug-likeness (QED) is 0.810. The molecule has 2 aromatic rings. The molecule has 0 aliphatic heterocycles. The number of carbonyl (C=O) groups excluding carboxylic acids is 1. The first kappa shape index (κ1) is 17.9. The Labute approximate surface area is 146 Å². The molecule has 0 heterocycles. The van der Waals surface area contributed by atoms with E-state index in [1.54, 1.807) is 31.4 Å². The van der Waals surface area contributed by atoms with Gasteiger partial charge in [0.15, 0.2) is 11.5 Å². The molecule has 5 nitrogen and oxygen atoms in total. The zero-order valence-electron chi connectivity index (χ0n) is 13.9. The fraction of sp³-hybridized carbons (Fsp3) is 0.278. The van der Waals surface area contributed by atoms with Gasteiger partial charge in [-0.15, -0.1) is 0 Å².